The molecule has 110 valence electrons. The molecule has 1 aromatic carbocycles. The fourth-order valence-electron chi connectivity index (χ4n) is 2.17. The average molecular weight is 297 g/mol. The van der Waals surface area contributed by atoms with Crippen LogP contribution < -0.4 is 15.4 Å². The van der Waals surface area contributed by atoms with Crippen molar-refractivity contribution in [1.82, 2.24) is 15.4 Å². The van der Waals surface area contributed by atoms with E-state index in [0.717, 1.165) is 24.9 Å². The highest BCUT2D eigenvalue weighted by Gasteiger charge is 2.16. The molecule has 20 heavy (non-hydrogen) atoms. The highest BCUT2D eigenvalue weighted by Crippen LogP contribution is 2.16. The lowest BCUT2D eigenvalue weighted by Crippen LogP contribution is -2.44. The van der Waals surface area contributed by atoms with Crippen molar-refractivity contribution in [2.45, 2.75) is 32.6 Å². The van der Waals surface area contributed by atoms with Crippen molar-refractivity contribution in [2.24, 2.45) is 0 Å². The highest BCUT2D eigenvalue weighted by atomic mass is 32.2. The SMILES string of the molecule is CC(NS(C)(=O)=O)C(=O)NCc1ccc2c(c1)CNC2. The number of hydrogen-bond donors (Lipinski definition) is 3. The van der Waals surface area contributed by atoms with Crippen molar-refractivity contribution in [2.75, 3.05) is 6.26 Å². The van der Waals surface area contributed by atoms with Crippen LogP contribution in [0.25, 0.3) is 0 Å². The van der Waals surface area contributed by atoms with Crippen LogP contribution in [0.1, 0.15) is 23.6 Å². The molecule has 0 spiro atoms. The van der Waals surface area contributed by atoms with Gasteiger partial charge in [0.05, 0.1) is 12.3 Å². The van der Waals surface area contributed by atoms with Crippen LogP contribution in [-0.2, 0) is 34.5 Å². The smallest absolute Gasteiger partial charge is 0.238 e. The molecule has 7 heteroatoms. The Morgan fingerprint density at radius 3 is 2.75 bits per heavy atom. The van der Waals surface area contributed by atoms with E-state index >= 15 is 0 Å². The molecule has 0 fully saturated rings. The molecular formula is C13H19N3O3S. The van der Waals surface area contributed by atoms with Crippen LogP contribution in [0.15, 0.2) is 18.2 Å². The van der Waals surface area contributed by atoms with Crippen LogP contribution in [0.3, 0.4) is 0 Å². The maximum atomic E-state index is 11.8. The maximum absolute atomic E-state index is 11.8. The Hall–Kier alpha value is -1.44. The number of fused-ring (bicyclic) bond motifs is 1. The summed E-state index contributed by atoms with van der Waals surface area (Å²) in [6, 6.07) is 5.31. The normalized spacial score (nSPS) is 15.7. The Labute approximate surface area is 119 Å². The molecule has 1 amide bonds. The summed E-state index contributed by atoms with van der Waals surface area (Å²) in [4.78, 5) is 11.8. The number of sulfonamides is 1. The molecular weight excluding hydrogens is 278 g/mol. The third-order valence-electron chi connectivity index (χ3n) is 3.15. The lowest BCUT2D eigenvalue weighted by atomic mass is 10.1. The largest absolute Gasteiger partial charge is 0.351 e. The molecule has 1 heterocycles. The lowest BCUT2D eigenvalue weighted by Gasteiger charge is -2.13. The summed E-state index contributed by atoms with van der Waals surface area (Å²) in [5.41, 5.74) is 3.54. The van der Waals surface area contributed by atoms with Crippen molar-refractivity contribution in [3.63, 3.8) is 0 Å². The lowest BCUT2D eigenvalue weighted by molar-refractivity contribution is -0.122. The molecule has 1 aromatic rings. The molecule has 0 aromatic heterocycles. The number of benzene rings is 1. The molecule has 1 atom stereocenters. The zero-order valence-electron chi connectivity index (χ0n) is 11.6. The second-order valence-corrected chi connectivity index (χ2v) is 6.82. The van der Waals surface area contributed by atoms with E-state index in [1.165, 1.54) is 18.1 Å². The van der Waals surface area contributed by atoms with Gasteiger partial charge in [0.1, 0.15) is 0 Å². The van der Waals surface area contributed by atoms with E-state index in [2.05, 4.69) is 27.5 Å². The molecule has 1 aliphatic rings. The summed E-state index contributed by atoms with van der Waals surface area (Å²) in [6.45, 7) is 3.64. The Bertz CT molecular complexity index is 613. The minimum absolute atomic E-state index is 0.339. The van der Waals surface area contributed by atoms with Gasteiger partial charge < -0.3 is 10.6 Å². The number of rotatable bonds is 5. The maximum Gasteiger partial charge on any atom is 0.238 e. The van der Waals surface area contributed by atoms with Gasteiger partial charge in [-0.2, -0.15) is 0 Å². The number of amides is 1. The zero-order valence-corrected chi connectivity index (χ0v) is 12.4. The quantitative estimate of drug-likeness (QED) is 0.705. The van der Waals surface area contributed by atoms with Gasteiger partial charge in [0, 0.05) is 19.6 Å². The van der Waals surface area contributed by atoms with Crippen LogP contribution in [-0.4, -0.2) is 26.6 Å². The van der Waals surface area contributed by atoms with Crippen LogP contribution >= 0.6 is 0 Å². The van der Waals surface area contributed by atoms with Gasteiger partial charge in [-0.05, 0) is 23.6 Å². The number of hydrogen-bond acceptors (Lipinski definition) is 4. The van der Waals surface area contributed by atoms with Gasteiger partial charge >= 0.3 is 0 Å². The van der Waals surface area contributed by atoms with Crippen molar-refractivity contribution in [3.05, 3.63) is 34.9 Å². The first-order valence-electron chi connectivity index (χ1n) is 6.41. The van der Waals surface area contributed by atoms with Crippen LogP contribution in [0, 0.1) is 0 Å². The second kappa shape index (κ2) is 5.90. The minimum Gasteiger partial charge on any atom is -0.351 e. The fraction of sp³-hybridized carbons (Fsp3) is 0.462. The van der Waals surface area contributed by atoms with E-state index in [9.17, 15) is 13.2 Å². The Kier molecular flexibility index (Phi) is 4.42. The predicted molar refractivity (Wildman–Crippen MR) is 76.3 cm³/mol. The molecule has 0 bridgehead atoms. The van der Waals surface area contributed by atoms with Gasteiger partial charge in [0.15, 0.2) is 0 Å². The van der Waals surface area contributed by atoms with Crippen molar-refractivity contribution < 1.29 is 13.2 Å². The van der Waals surface area contributed by atoms with Gasteiger partial charge in [-0.25, -0.2) is 13.1 Å². The Balaban J connectivity index is 1.90. The molecule has 1 unspecified atom stereocenters. The predicted octanol–water partition coefficient (Wildman–Crippen LogP) is -0.156. The van der Waals surface area contributed by atoms with E-state index in [4.69, 9.17) is 0 Å². The first-order chi connectivity index (χ1) is 9.35. The summed E-state index contributed by atoms with van der Waals surface area (Å²) in [5, 5.41) is 5.99. The number of nitrogens with one attached hydrogen (secondary N) is 3. The number of carbonyl (C=O) groups excluding carboxylic acids is 1. The molecule has 6 nitrogen and oxygen atoms in total. The first-order valence-corrected chi connectivity index (χ1v) is 8.31. The monoisotopic (exact) mass is 297 g/mol. The summed E-state index contributed by atoms with van der Waals surface area (Å²) in [7, 11) is -3.38. The fourth-order valence-corrected chi connectivity index (χ4v) is 2.92. The Morgan fingerprint density at radius 1 is 1.35 bits per heavy atom. The van der Waals surface area contributed by atoms with E-state index < -0.39 is 16.1 Å². The van der Waals surface area contributed by atoms with E-state index in [1.54, 1.807) is 0 Å². The summed E-state index contributed by atoms with van der Waals surface area (Å²) < 4.78 is 24.3. The van der Waals surface area contributed by atoms with Crippen molar-refractivity contribution in [3.8, 4) is 0 Å². The minimum atomic E-state index is -3.38. The average Bonchev–Trinajstić information content (AvgIpc) is 2.81. The van der Waals surface area contributed by atoms with Gasteiger partial charge in [-0.3, -0.25) is 4.79 Å². The van der Waals surface area contributed by atoms with E-state index in [1.807, 2.05) is 6.07 Å². The third kappa shape index (κ3) is 4.03. The summed E-state index contributed by atoms with van der Waals surface area (Å²) in [6.07, 6.45) is 1.03. The molecule has 2 rings (SSSR count). The summed E-state index contributed by atoms with van der Waals surface area (Å²) >= 11 is 0. The Morgan fingerprint density at radius 2 is 2.05 bits per heavy atom. The number of carbonyl (C=O) groups is 1. The van der Waals surface area contributed by atoms with Gasteiger partial charge in [0.2, 0.25) is 15.9 Å². The molecule has 0 saturated heterocycles. The van der Waals surface area contributed by atoms with Crippen LogP contribution in [0.4, 0.5) is 0 Å². The van der Waals surface area contributed by atoms with Gasteiger partial charge in [0.25, 0.3) is 0 Å². The molecule has 3 N–H and O–H groups in total. The third-order valence-corrected chi connectivity index (χ3v) is 3.93. The van der Waals surface area contributed by atoms with Crippen LogP contribution in [0.2, 0.25) is 0 Å². The van der Waals surface area contributed by atoms with Crippen molar-refractivity contribution >= 4 is 15.9 Å². The zero-order chi connectivity index (χ0) is 14.8. The van der Waals surface area contributed by atoms with Gasteiger partial charge in [-0.15, -0.1) is 0 Å². The summed E-state index contributed by atoms with van der Waals surface area (Å²) in [5.74, 6) is -0.339. The van der Waals surface area contributed by atoms with E-state index in [0.29, 0.717) is 6.54 Å². The van der Waals surface area contributed by atoms with Crippen LogP contribution in [0.5, 0.6) is 0 Å². The van der Waals surface area contributed by atoms with Gasteiger partial charge in [-0.1, -0.05) is 18.2 Å². The first kappa shape index (κ1) is 15.0. The molecule has 1 aliphatic heterocycles. The second-order valence-electron chi connectivity index (χ2n) is 5.04. The molecule has 0 saturated carbocycles. The van der Waals surface area contributed by atoms with E-state index in [-0.39, 0.29) is 5.91 Å². The standard InChI is InChI=1S/C13H19N3O3S/c1-9(16-20(2,18)19)13(17)15-6-10-3-4-11-7-14-8-12(11)5-10/h3-5,9,14,16H,6-8H2,1-2H3,(H,15,17). The van der Waals surface area contributed by atoms with Crippen molar-refractivity contribution in [1.29, 1.82) is 0 Å². The molecule has 0 radical (unpaired) electrons. The molecule has 0 aliphatic carbocycles. The highest BCUT2D eigenvalue weighted by molar-refractivity contribution is 7.88. The topological polar surface area (TPSA) is 87.3 Å².